The molecule has 1 amide bonds. The Morgan fingerprint density at radius 1 is 1.02 bits per heavy atom. The molecule has 256 valence electrons. The van der Waals surface area contributed by atoms with Gasteiger partial charge in [-0.1, -0.05) is 104 Å². The smallest absolute Gasteiger partial charge is 0.220 e. The second-order valence-corrected chi connectivity index (χ2v) is 17.4. The van der Waals surface area contributed by atoms with Crippen LogP contribution in [0.15, 0.2) is 60.9 Å². The Bertz CT molecular complexity index is 1320. The molecule has 0 spiro atoms. The second kappa shape index (κ2) is 14.7. The predicted octanol–water partition coefficient (Wildman–Crippen LogP) is 9.97. The lowest BCUT2D eigenvalue weighted by Gasteiger charge is -2.59. The number of rotatable bonds is 11. The number of benzene rings is 1. The van der Waals surface area contributed by atoms with E-state index in [1.807, 2.05) is 0 Å². The molecular weight excluding hydrogens is 564 g/mol. The van der Waals surface area contributed by atoms with Crippen molar-refractivity contribution in [2.45, 2.75) is 132 Å². The van der Waals surface area contributed by atoms with Crippen LogP contribution in [0.3, 0.4) is 0 Å². The molecule has 3 aliphatic rings. The van der Waals surface area contributed by atoms with E-state index in [2.05, 4.69) is 117 Å². The summed E-state index contributed by atoms with van der Waals surface area (Å²) in [6, 6.07) is 5.37. The Balaban J connectivity index is 0.00000136. The lowest BCUT2D eigenvalue weighted by molar-refractivity contribution is -0.122. The molecule has 1 saturated heterocycles. The van der Waals surface area contributed by atoms with Gasteiger partial charge in [-0.05, 0) is 111 Å². The van der Waals surface area contributed by atoms with Crippen molar-refractivity contribution in [3.8, 4) is 0 Å². The van der Waals surface area contributed by atoms with Crippen molar-refractivity contribution in [3.63, 3.8) is 0 Å². The van der Waals surface area contributed by atoms with Crippen LogP contribution in [-0.2, 0) is 23.1 Å². The number of nitrogens with zero attached hydrogens (tertiary/aromatic N) is 1. The van der Waals surface area contributed by atoms with Crippen molar-refractivity contribution in [1.82, 2.24) is 10.2 Å². The summed E-state index contributed by atoms with van der Waals surface area (Å²) < 4.78 is 0. The molecule has 1 fully saturated rings. The van der Waals surface area contributed by atoms with E-state index in [4.69, 9.17) is 5.11 Å². The van der Waals surface area contributed by atoms with Crippen LogP contribution in [0.5, 0.6) is 0 Å². The van der Waals surface area contributed by atoms with Crippen LogP contribution in [0.25, 0.3) is 0 Å². The van der Waals surface area contributed by atoms with Crippen LogP contribution >= 0.6 is 0 Å². The fourth-order valence-electron chi connectivity index (χ4n) is 8.24. The van der Waals surface area contributed by atoms with Gasteiger partial charge >= 0.3 is 0 Å². The van der Waals surface area contributed by atoms with Crippen LogP contribution in [-0.4, -0.2) is 41.6 Å². The minimum atomic E-state index is -0.0391. The molecule has 4 heteroatoms. The van der Waals surface area contributed by atoms with Gasteiger partial charge in [0.2, 0.25) is 5.91 Å². The minimum Gasteiger partial charge on any atom is -0.513 e. The summed E-state index contributed by atoms with van der Waals surface area (Å²) in [4.78, 5) is 15.6. The van der Waals surface area contributed by atoms with Gasteiger partial charge in [0.25, 0.3) is 0 Å². The highest BCUT2D eigenvalue weighted by Gasteiger charge is 2.54. The molecule has 0 aromatic heterocycles. The number of hydrogen-bond donors (Lipinski definition) is 2. The first-order valence-electron chi connectivity index (χ1n) is 17.6. The largest absolute Gasteiger partial charge is 0.513 e. The number of aliphatic hydroxyl groups is 1. The number of nitrogens with one attached hydrogen (secondary N) is 1. The molecule has 46 heavy (non-hydrogen) atoms. The van der Waals surface area contributed by atoms with Gasteiger partial charge in [-0.15, -0.1) is 0 Å². The van der Waals surface area contributed by atoms with E-state index < -0.39 is 0 Å². The molecule has 0 saturated carbocycles. The van der Waals surface area contributed by atoms with Crippen LogP contribution < -0.4 is 5.32 Å². The van der Waals surface area contributed by atoms with Crippen LogP contribution in [0, 0.1) is 29.1 Å². The van der Waals surface area contributed by atoms with Gasteiger partial charge in [0.15, 0.2) is 0 Å². The summed E-state index contributed by atoms with van der Waals surface area (Å²) in [6.07, 6.45) is 13.1. The molecule has 2 aliphatic carbocycles. The normalized spacial score (nSPS) is 22.6. The van der Waals surface area contributed by atoms with Gasteiger partial charge < -0.3 is 10.4 Å². The number of carbonyl (C=O) groups is 1. The Kier molecular flexibility index (Phi) is 12.1. The van der Waals surface area contributed by atoms with Crippen LogP contribution in [0.4, 0.5) is 0 Å². The molecular formula is C42H66N2O2. The average molecular weight is 631 g/mol. The molecule has 2 N–H and O–H groups in total. The standard InChI is InChI=1S/C39H60N2O.C3H6O/c1-27(2)22-30-16-17-31-23-33-32-14-12-13-19-39(32,35(31)29(30)4)20-21-41(33)26-38(10,11)37(8,9)25-40-34(42)18-15-28(3)24-36(5,6)7;1-3(2)4/h12,14,16-17,32-33H,1,3,13,15,18-26H2,2,4-11H3,(H,40,42);4H,1H2,2H3. The summed E-state index contributed by atoms with van der Waals surface area (Å²) >= 11 is 0. The fraction of sp³-hybridized carbons (Fsp3) is 0.643. The molecule has 4 nitrogen and oxygen atoms in total. The molecule has 4 rings (SSSR count). The number of likely N-dealkylation sites (tertiary alicyclic amines) is 1. The average Bonchev–Trinajstić information content (AvgIpc) is 2.92. The van der Waals surface area contributed by atoms with Crippen molar-refractivity contribution >= 4 is 5.91 Å². The summed E-state index contributed by atoms with van der Waals surface area (Å²) in [5.74, 6) is 0.889. The molecule has 1 heterocycles. The zero-order valence-electron chi connectivity index (χ0n) is 31.2. The van der Waals surface area contributed by atoms with E-state index in [0.717, 1.165) is 38.8 Å². The predicted molar refractivity (Wildman–Crippen MR) is 197 cm³/mol. The Hall–Kier alpha value is -2.59. The second-order valence-electron chi connectivity index (χ2n) is 17.4. The zero-order valence-corrected chi connectivity index (χ0v) is 31.2. The molecule has 3 unspecified atom stereocenters. The van der Waals surface area contributed by atoms with E-state index in [0.29, 0.717) is 24.9 Å². The van der Waals surface area contributed by atoms with E-state index in [9.17, 15) is 4.79 Å². The maximum Gasteiger partial charge on any atom is 0.220 e. The third kappa shape index (κ3) is 9.06. The van der Waals surface area contributed by atoms with E-state index >= 15 is 0 Å². The number of piperidine rings is 1. The van der Waals surface area contributed by atoms with Gasteiger partial charge in [0.05, 0.1) is 5.76 Å². The number of aliphatic hydroxyl groups excluding tert-OH is 1. The summed E-state index contributed by atoms with van der Waals surface area (Å²) in [6.45, 7) is 36.7. The maximum atomic E-state index is 12.8. The van der Waals surface area contributed by atoms with Crippen molar-refractivity contribution in [2.75, 3.05) is 19.6 Å². The Morgan fingerprint density at radius 2 is 1.67 bits per heavy atom. The first kappa shape index (κ1) is 37.9. The summed E-state index contributed by atoms with van der Waals surface area (Å²) in [7, 11) is 0. The summed E-state index contributed by atoms with van der Waals surface area (Å²) in [5.41, 5.74) is 9.15. The SMILES string of the molecule is C=C(C)Cc1ccc2c(c1C)C13CCC=CC1C(C2)N(CC(C)(C)C(C)(C)CNC(=O)CCC(=C)CC(C)(C)C)CC3.C=C(C)O. The van der Waals surface area contributed by atoms with E-state index in [-0.39, 0.29) is 33.3 Å². The first-order valence-corrected chi connectivity index (χ1v) is 17.6. The molecule has 1 aliphatic heterocycles. The maximum absolute atomic E-state index is 12.8. The lowest BCUT2D eigenvalue weighted by Crippen LogP contribution is -2.62. The van der Waals surface area contributed by atoms with Crippen LogP contribution in [0.2, 0.25) is 0 Å². The number of allylic oxidation sites excluding steroid dienone is 4. The third-order valence-corrected chi connectivity index (χ3v) is 11.2. The molecule has 1 aromatic rings. The molecule has 3 atom stereocenters. The molecule has 1 aromatic carbocycles. The molecule has 0 radical (unpaired) electrons. The monoisotopic (exact) mass is 631 g/mol. The highest BCUT2D eigenvalue weighted by atomic mass is 16.3. The molecule has 2 bridgehead atoms. The van der Waals surface area contributed by atoms with Gasteiger partial charge in [0.1, 0.15) is 0 Å². The lowest BCUT2D eigenvalue weighted by atomic mass is 9.52. The zero-order chi connectivity index (χ0) is 34.7. The van der Waals surface area contributed by atoms with Crippen molar-refractivity contribution < 1.29 is 9.90 Å². The fourth-order valence-corrected chi connectivity index (χ4v) is 8.24. The Morgan fingerprint density at radius 3 is 2.28 bits per heavy atom. The van der Waals surface area contributed by atoms with E-state index in [1.54, 1.807) is 11.1 Å². The number of fused-ring (bicyclic) bond motifs is 1. The quantitative estimate of drug-likeness (QED) is 0.189. The number of amides is 1. The van der Waals surface area contributed by atoms with Crippen molar-refractivity contribution in [2.24, 2.45) is 22.2 Å². The Labute approximate surface area is 282 Å². The number of carbonyl (C=O) groups excluding carboxylic acids is 1. The van der Waals surface area contributed by atoms with Gasteiger partial charge in [-0.3, -0.25) is 9.69 Å². The van der Waals surface area contributed by atoms with E-state index in [1.165, 1.54) is 48.5 Å². The van der Waals surface area contributed by atoms with Crippen LogP contribution in [0.1, 0.15) is 123 Å². The minimum absolute atomic E-state index is 0.0377. The topological polar surface area (TPSA) is 52.6 Å². The third-order valence-electron chi connectivity index (χ3n) is 11.2. The first-order chi connectivity index (χ1) is 21.2. The van der Waals surface area contributed by atoms with Gasteiger partial charge in [-0.2, -0.15) is 0 Å². The number of hydrogen-bond acceptors (Lipinski definition) is 3. The summed E-state index contributed by atoms with van der Waals surface area (Å²) in [5, 5.41) is 11.2. The van der Waals surface area contributed by atoms with Crippen molar-refractivity contribution in [3.05, 3.63) is 83.2 Å². The highest BCUT2D eigenvalue weighted by molar-refractivity contribution is 5.76. The van der Waals surface area contributed by atoms with Crippen molar-refractivity contribution in [1.29, 1.82) is 0 Å². The van der Waals surface area contributed by atoms with Gasteiger partial charge in [-0.25, -0.2) is 0 Å². The van der Waals surface area contributed by atoms with Gasteiger partial charge in [0, 0.05) is 36.9 Å². The highest BCUT2D eigenvalue weighted by Crippen LogP contribution is 2.56.